The summed E-state index contributed by atoms with van der Waals surface area (Å²) in [4.78, 5) is 2.66. The fourth-order valence-electron chi connectivity index (χ4n) is 2.81. The summed E-state index contributed by atoms with van der Waals surface area (Å²) in [5, 5.41) is 3.43. The maximum atomic E-state index is 3.43. The smallest absolute Gasteiger partial charge is 0.0373 e. The molecule has 3 rings (SSSR count). The molecular weight excluding hydrogens is 208 g/mol. The first-order valence-corrected chi connectivity index (χ1v) is 6.96. The zero-order valence-electron chi connectivity index (χ0n) is 10.7. The van der Waals surface area contributed by atoms with Crippen LogP contribution in [0, 0.1) is 0 Å². The first-order chi connectivity index (χ1) is 8.36. The van der Waals surface area contributed by atoms with E-state index in [2.05, 4.69) is 35.3 Å². The summed E-state index contributed by atoms with van der Waals surface area (Å²) < 4.78 is 0. The third-order valence-electron chi connectivity index (χ3n) is 3.84. The van der Waals surface area contributed by atoms with Crippen LogP contribution in [0.1, 0.15) is 37.3 Å². The van der Waals surface area contributed by atoms with Gasteiger partial charge in [0.1, 0.15) is 0 Å². The Morgan fingerprint density at radius 1 is 1.35 bits per heavy atom. The molecule has 1 fully saturated rings. The van der Waals surface area contributed by atoms with Gasteiger partial charge in [-0.3, -0.25) is 4.90 Å². The normalized spacial score (nSPS) is 18.2. The fourth-order valence-corrected chi connectivity index (χ4v) is 2.81. The van der Waals surface area contributed by atoms with Crippen LogP contribution in [0.3, 0.4) is 0 Å². The van der Waals surface area contributed by atoms with Gasteiger partial charge >= 0.3 is 0 Å². The van der Waals surface area contributed by atoms with E-state index in [0.717, 1.165) is 19.1 Å². The van der Waals surface area contributed by atoms with E-state index in [1.165, 1.54) is 49.0 Å². The largest absolute Gasteiger partial charge is 0.384 e. The molecule has 0 radical (unpaired) electrons. The van der Waals surface area contributed by atoms with Crippen LogP contribution >= 0.6 is 0 Å². The van der Waals surface area contributed by atoms with Gasteiger partial charge in [-0.1, -0.05) is 19.1 Å². The monoisotopic (exact) mass is 230 g/mol. The fraction of sp³-hybridized carbons (Fsp3) is 0.600. The Balaban J connectivity index is 1.70. The van der Waals surface area contributed by atoms with Crippen molar-refractivity contribution in [3.05, 3.63) is 29.3 Å². The van der Waals surface area contributed by atoms with Gasteiger partial charge in [-0.05, 0) is 49.4 Å². The Morgan fingerprint density at radius 3 is 3.00 bits per heavy atom. The molecule has 0 aromatic heterocycles. The third kappa shape index (κ3) is 2.47. The molecule has 0 spiro atoms. The van der Waals surface area contributed by atoms with Crippen molar-refractivity contribution in [1.29, 1.82) is 0 Å². The Bertz CT molecular complexity index is 396. The highest BCUT2D eigenvalue weighted by Crippen LogP contribution is 2.29. The van der Waals surface area contributed by atoms with Gasteiger partial charge in [0.05, 0.1) is 0 Å². The van der Waals surface area contributed by atoms with Crippen molar-refractivity contribution in [3.63, 3.8) is 0 Å². The standard InChI is InChI=1S/C15H22N2/c1-2-9-17(14-4-5-14)11-12-3-6-15-13(10-12)7-8-16-15/h3,6,10,14,16H,2,4-5,7-9,11H2,1H3. The number of anilines is 1. The number of fused-ring (bicyclic) bond motifs is 1. The molecule has 1 saturated carbocycles. The summed E-state index contributed by atoms with van der Waals surface area (Å²) in [6.45, 7) is 5.79. The molecule has 17 heavy (non-hydrogen) atoms. The van der Waals surface area contributed by atoms with Crippen LogP contribution in [-0.2, 0) is 13.0 Å². The summed E-state index contributed by atoms with van der Waals surface area (Å²) in [6, 6.07) is 7.83. The number of nitrogens with one attached hydrogen (secondary N) is 1. The second kappa shape index (κ2) is 4.69. The predicted molar refractivity (Wildman–Crippen MR) is 72.4 cm³/mol. The minimum absolute atomic E-state index is 0.876. The maximum Gasteiger partial charge on any atom is 0.0373 e. The van der Waals surface area contributed by atoms with Crippen molar-refractivity contribution in [2.75, 3.05) is 18.4 Å². The molecule has 0 atom stereocenters. The van der Waals surface area contributed by atoms with Crippen molar-refractivity contribution < 1.29 is 0 Å². The maximum absolute atomic E-state index is 3.43. The molecule has 0 bridgehead atoms. The van der Waals surface area contributed by atoms with Crippen molar-refractivity contribution in [1.82, 2.24) is 4.90 Å². The van der Waals surface area contributed by atoms with E-state index in [1.54, 1.807) is 0 Å². The van der Waals surface area contributed by atoms with Crippen LogP contribution in [0.15, 0.2) is 18.2 Å². The highest BCUT2D eigenvalue weighted by molar-refractivity contribution is 5.56. The van der Waals surface area contributed by atoms with E-state index in [9.17, 15) is 0 Å². The highest BCUT2D eigenvalue weighted by atomic mass is 15.2. The number of rotatable bonds is 5. The Kier molecular flexibility index (Phi) is 3.06. The predicted octanol–water partition coefficient (Wildman–Crippen LogP) is 3.03. The Labute approximate surface area is 104 Å². The molecule has 0 saturated heterocycles. The van der Waals surface area contributed by atoms with Crippen molar-refractivity contribution in [2.24, 2.45) is 0 Å². The first kappa shape index (κ1) is 11.1. The van der Waals surface area contributed by atoms with Crippen LogP contribution in [0.5, 0.6) is 0 Å². The van der Waals surface area contributed by atoms with E-state index >= 15 is 0 Å². The number of benzene rings is 1. The molecule has 2 heteroatoms. The van der Waals surface area contributed by atoms with Crippen LogP contribution in [0.25, 0.3) is 0 Å². The highest BCUT2D eigenvalue weighted by Gasteiger charge is 2.28. The molecule has 1 N–H and O–H groups in total. The Hall–Kier alpha value is -1.02. The lowest BCUT2D eigenvalue weighted by Crippen LogP contribution is -2.26. The number of hydrogen-bond donors (Lipinski definition) is 1. The van der Waals surface area contributed by atoms with Gasteiger partial charge in [0, 0.05) is 24.8 Å². The Morgan fingerprint density at radius 2 is 2.24 bits per heavy atom. The van der Waals surface area contributed by atoms with E-state index in [0.29, 0.717) is 0 Å². The van der Waals surface area contributed by atoms with Gasteiger partial charge in [0.15, 0.2) is 0 Å². The lowest BCUT2D eigenvalue weighted by atomic mass is 10.1. The average molecular weight is 230 g/mol. The summed E-state index contributed by atoms with van der Waals surface area (Å²) in [7, 11) is 0. The first-order valence-electron chi connectivity index (χ1n) is 6.96. The van der Waals surface area contributed by atoms with Crippen molar-refractivity contribution >= 4 is 5.69 Å². The summed E-state index contributed by atoms with van der Waals surface area (Å²) in [6.07, 6.45) is 5.28. The van der Waals surface area contributed by atoms with Crippen LogP contribution in [-0.4, -0.2) is 24.0 Å². The van der Waals surface area contributed by atoms with E-state index in [1.807, 2.05) is 0 Å². The van der Waals surface area contributed by atoms with E-state index < -0.39 is 0 Å². The lowest BCUT2D eigenvalue weighted by Gasteiger charge is -2.21. The molecule has 2 aliphatic rings. The SMILES string of the molecule is CCCN(Cc1ccc2c(c1)CCN2)C1CC1. The van der Waals surface area contributed by atoms with Crippen LogP contribution in [0.2, 0.25) is 0 Å². The van der Waals surface area contributed by atoms with Gasteiger partial charge in [-0.25, -0.2) is 0 Å². The summed E-state index contributed by atoms with van der Waals surface area (Å²) in [5.74, 6) is 0. The van der Waals surface area contributed by atoms with Crippen LogP contribution < -0.4 is 5.32 Å². The van der Waals surface area contributed by atoms with Crippen molar-refractivity contribution in [2.45, 2.75) is 45.2 Å². The van der Waals surface area contributed by atoms with Gasteiger partial charge < -0.3 is 5.32 Å². The molecule has 1 aromatic carbocycles. The van der Waals surface area contributed by atoms with Gasteiger partial charge in [0.25, 0.3) is 0 Å². The summed E-state index contributed by atoms with van der Waals surface area (Å²) in [5.41, 5.74) is 4.35. The van der Waals surface area contributed by atoms with Crippen molar-refractivity contribution in [3.8, 4) is 0 Å². The van der Waals surface area contributed by atoms with Gasteiger partial charge in [-0.15, -0.1) is 0 Å². The molecule has 1 aliphatic heterocycles. The molecule has 1 aliphatic carbocycles. The number of nitrogens with zero attached hydrogens (tertiary/aromatic N) is 1. The molecule has 0 unspecified atom stereocenters. The molecule has 0 amide bonds. The zero-order chi connectivity index (χ0) is 11.7. The lowest BCUT2D eigenvalue weighted by molar-refractivity contribution is 0.255. The molecular formula is C15H22N2. The second-order valence-electron chi connectivity index (χ2n) is 5.37. The quantitative estimate of drug-likeness (QED) is 0.836. The zero-order valence-corrected chi connectivity index (χ0v) is 10.7. The topological polar surface area (TPSA) is 15.3 Å². The molecule has 2 nitrogen and oxygen atoms in total. The summed E-state index contributed by atoms with van der Waals surface area (Å²) >= 11 is 0. The van der Waals surface area contributed by atoms with Crippen LogP contribution in [0.4, 0.5) is 5.69 Å². The molecule has 92 valence electrons. The molecule has 1 heterocycles. The van der Waals surface area contributed by atoms with Gasteiger partial charge in [0.2, 0.25) is 0 Å². The average Bonchev–Trinajstić information content (AvgIpc) is 3.07. The third-order valence-corrected chi connectivity index (χ3v) is 3.84. The minimum atomic E-state index is 0.876. The molecule has 1 aromatic rings. The minimum Gasteiger partial charge on any atom is -0.384 e. The number of hydrogen-bond acceptors (Lipinski definition) is 2. The van der Waals surface area contributed by atoms with Gasteiger partial charge in [-0.2, -0.15) is 0 Å². The van der Waals surface area contributed by atoms with E-state index in [-0.39, 0.29) is 0 Å². The second-order valence-corrected chi connectivity index (χ2v) is 5.37. The van der Waals surface area contributed by atoms with E-state index in [4.69, 9.17) is 0 Å².